The van der Waals surface area contributed by atoms with E-state index in [9.17, 15) is 4.39 Å². The normalized spacial score (nSPS) is 20.0. The van der Waals surface area contributed by atoms with E-state index < -0.39 is 0 Å². The summed E-state index contributed by atoms with van der Waals surface area (Å²) in [5.41, 5.74) is 6.23. The highest BCUT2D eigenvalue weighted by Gasteiger charge is 2.17. The Hall–Kier alpha value is -2.41. The fourth-order valence-electron chi connectivity index (χ4n) is 4.43. The molecule has 144 valence electrons. The number of rotatable bonds is 3. The highest BCUT2D eigenvalue weighted by molar-refractivity contribution is 5.71. The summed E-state index contributed by atoms with van der Waals surface area (Å²) < 4.78 is 14.8. The molecule has 0 nitrogen and oxygen atoms in total. The fraction of sp³-hybridized carbons (Fsp3) is 0.333. The predicted octanol–water partition coefficient (Wildman–Crippen LogP) is 8.15. The van der Waals surface area contributed by atoms with E-state index in [0.717, 1.165) is 22.6 Å². The second-order valence-corrected chi connectivity index (χ2v) is 8.49. The van der Waals surface area contributed by atoms with Gasteiger partial charge in [0, 0.05) is 5.56 Å². The van der Waals surface area contributed by atoms with E-state index in [4.69, 9.17) is 0 Å². The summed E-state index contributed by atoms with van der Waals surface area (Å²) in [5, 5.41) is 0. The Morgan fingerprint density at radius 1 is 0.714 bits per heavy atom. The van der Waals surface area contributed by atoms with E-state index in [1.165, 1.54) is 43.2 Å². The Bertz CT molecular complexity index is 921. The Kier molecular flexibility index (Phi) is 5.62. The van der Waals surface area contributed by atoms with Gasteiger partial charge in [0.1, 0.15) is 5.82 Å². The van der Waals surface area contributed by atoms with E-state index in [-0.39, 0.29) is 5.82 Å². The number of aryl methyl sites for hydroxylation is 1. The zero-order chi connectivity index (χ0) is 19.5. The van der Waals surface area contributed by atoms with Crippen molar-refractivity contribution in [3.8, 4) is 22.3 Å². The van der Waals surface area contributed by atoms with Gasteiger partial charge in [-0.05, 0) is 59.9 Å². The molecular weight excluding hydrogens is 343 g/mol. The van der Waals surface area contributed by atoms with Crippen molar-refractivity contribution in [2.45, 2.75) is 51.9 Å². The summed E-state index contributed by atoms with van der Waals surface area (Å²) in [5.74, 6) is 1.38. The van der Waals surface area contributed by atoms with E-state index in [1.807, 2.05) is 43.3 Å². The van der Waals surface area contributed by atoms with Crippen LogP contribution in [0.5, 0.6) is 0 Å². The number of hydrogen-bond donors (Lipinski definition) is 0. The SMILES string of the molecule is Cc1ccc(-c2ccc(-c3ccc(C4CCCC(C)CC4)cc3)cc2F)cc1. The largest absolute Gasteiger partial charge is 0.206 e. The average Bonchev–Trinajstić information content (AvgIpc) is 2.93. The van der Waals surface area contributed by atoms with Gasteiger partial charge in [-0.15, -0.1) is 0 Å². The molecule has 0 amide bonds. The van der Waals surface area contributed by atoms with Crippen LogP contribution >= 0.6 is 0 Å². The first kappa shape index (κ1) is 18.9. The van der Waals surface area contributed by atoms with Crippen LogP contribution in [0.2, 0.25) is 0 Å². The van der Waals surface area contributed by atoms with Crippen LogP contribution in [0.4, 0.5) is 4.39 Å². The van der Waals surface area contributed by atoms with Crippen LogP contribution in [0.3, 0.4) is 0 Å². The first-order valence-electron chi connectivity index (χ1n) is 10.6. The lowest BCUT2D eigenvalue weighted by Crippen LogP contribution is -1.97. The van der Waals surface area contributed by atoms with Gasteiger partial charge in [-0.3, -0.25) is 0 Å². The van der Waals surface area contributed by atoms with Crippen LogP contribution in [0.1, 0.15) is 56.1 Å². The Labute approximate surface area is 168 Å². The van der Waals surface area contributed by atoms with Gasteiger partial charge in [0.15, 0.2) is 0 Å². The molecule has 0 N–H and O–H groups in total. The molecule has 0 saturated heterocycles. The Morgan fingerprint density at radius 3 is 2.11 bits per heavy atom. The van der Waals surface area contributed by atoms with Gasteiger partial charge >= 0.3 is 0 Å². The molecule has 28 heavy (non-hydrogen) atoms. The van der Waals surface area contributed by atoms with E-state index in [2.05, 4.69) is 31.2 Å². The van der Waals surface area contributed by atoms with Gasteiger partial charge in [0.25, 0.3) is 0 Å². The number of benzene rings is 3. The predicted molar refractivity (Wildman–Crippen MR) is 117 cm³/mol. The molecule has 1 aliphatic rings. The van der Waals surface area contributed by atoms with Gasteiger partial charge in [0.2, 0.25) is 0 Å². The smallest absolute Gasteiger partial charge is 0.131 e. The molecule has 0 aliphatic heterocycles. The minimum Gasteiger partial charge on any atom is -0.206 e. The molecule has 3 aromatic rings. The summed E-state index contributed by atoms with van der Waals surface area (Å²) in [6, 6.07) is 22.4. The molecule has 1 saturated carbocycles. The molecule has 4 rings (SSSR count). The van der Waals surface area contributed by atoms with Crippen molar-refractivity contribution in [1.82, 2.24) is 0 Å². The third-order valence-corrected chi connectivity index (χ3v) is 6.30. The molecule has 0 radical (unpaired) electrons. The van der Waals surface area contributed by atoms with E-state index in [0.29, 0.717) is 11.5 Å². The lowest BCUT2D eigenvalue weighted by molar-refractivity contribution is 0.499. The molecule has 1 fully saturated rings. The van der Waals surface area contributed by atoms with Gasteiger partial charge in [0.05, 0.1) is 0 Å². The molecule has 0 heterocycles. The monoisotopic (exact) mass is 372 g/mol. The summed E-state index contributed by atoms with van der Waals surface area (Å²) in [6.45, 7) is 4.42. The lowest BCUT2D eigenvalue weighted by Gasteiger charge is -2.15. The first-order valence-corrected chi connectivity index (χ1v) is 10.6. The lowest BCUT2D eigenvalue weighted by atomic mass is 9.90. The zero-order valence-electron chi connectivity index (χ0n) is 16.9. The molecule has 0 aromatic heterocycles. The van der Waals surface area contributed by atoms with Crippen molar-refractivity contribution < 1.29 is 4.39 Å². The summed E-state index contributed by atoms with van der Waals surface area (Å²) in [7, 11) is 0. The zero-order valence-corrected chi connectivity index (χ0v) is 16.9. The van der Waals surface area contributed by atoms with Gasteiger partial charge < -0.3 is 0 Å². The molecule has 2 atom stereocenters. The van der Waals surface area contributed by atoms with Crippen molar-refractivity contribution in [2.24, 2.45) is 5.92 Å². The second kappa shape index (κ2) is 8.31. The van der Waals surface area contributed by atoms with Crippen molar-refractivity contribution in [3.05, 3.63) is 83.7 Å². The second-order valence-electron chi connectivity index (χ2n) is 8.49. The quantitative estimate of drug-likeness (QED) is 0.407. The number of halogens is 1. The maximum atomic E-state index is 14.8. The molecule has 1 aliphatic carbocycles. The van der Waals surface area contributed by atoms with Crippen LogP contribution < -0.4 is 0 Å². The van der Waals surface area contributed by atoms with Gasteiger partial charge in [-0.2, -0.15) is 0 Å². The van der Waals surface area contributed by atoms with Crippen molar-refractivity contribution in [2.75, 3.05) is 0 Å². The van der Waals surface area contributed by atoms with Crippen LogP contribution in [0.25, 0.3) is 22.3 Å². The topological polar surface area (TPSA) is 0 Å². The maximum Gasteiger partial charge on any atom is 0.131 e. The number of hydrogen-bond acceptors (Lipinski definition) is 0. The fourth-order valence-corrected chi connectivity index (χ4v) is 4.43. The van der Waals surface area contributed by atoms with Gasteiger partial charge in [-0.1, -0.05) is 92.4 Å². The van der Waals surface area contributed by atoms with Gasteiger partial charge in [-0.25, -0.2) is 4.39 Å². The van der Waals surface area contributed by atoms with Crippen molar-refractivity contribution >= 4 is 0 Å². The first-order chi connectivity index (χ1) is 13.6. The highest BCUT2D eigenvalue weighted by Crippen LogP contribution is 2.35. The average molecular weight is 373 g/mol. The van der Waals surface area contributed by atoms with Crippen LogP contribution in [0, 0.1) is 18.7 Å². The van der Waals surface area contributed by atoms with Crippen molar-refractivity contribution in [1.29, 1.82) is 0 Å². The minimum atomic E-state index is -0.164. The summed E-state index contributed by atoms with van der Waals surface area (Å²) in [4.78, 5) is 0. The molecular formula is C27H29F. The van der Waals surface area contributed by atoms with E-state index in [1.54, 1.807) is 6.07 Å². The standard InChI is InChI=1S/C27H29F/c1-19-4-3-5-21(9-6-19)22-12-14-23(15-13-22)25-16-17-26(27(28)18-25)24-10-7-20(2)8-11-24/h7-8,10-19,21H,3-6,9H2,1-2H3. The van der Waals surface area contributed by atoms with Crippen LogP contribution in [0.15, 0.2) is 66.7 Å². The van der Waals surface area contributed by atoms with Crippen LogP contribution in [-0.4, -0.2) is 0 Å². The molecule has 1 heteroatoms. The van der Waals surface area contributed by atoms with Crippen LogP contribution in [-0.2, 0) is 0 Å². The Balaban J connectivity index is 1.54. The highest BCUT2D eigenvalue weighted by atomic mass is 19.1. The third-order valence-electron chi connectivity index (χ3n) is 6.30. The summed E-state index contributed by atoms with van der Waals surface area (Å²) in [6.07, 6.45) is 6.61. The molecule has 0 bridgehead atoms. The molecule has 0 spiro atoms. The Morgan fingerprint density at radius 2 is 1.39 bits per heavy atom. The maximum absolute atomic E-state index is 14.8. The van der Waals surface area contributed by atoms with Crippen molar-refractivity contribution in [3.63, 3.8) is 0 Å². The minimum absolute atomic E-state index is 0.164. The molecule has 2 unspecified atom stereocenters. The van der Waals surface area contributed by atoms with E-state index >= 15 is 0 Å². The third kappa shape index (κ3) is 4.19. The summed E-state index contributed by atoms with van der Waals surface area (Å²) >= 11 is 0. The molecule has 3 aromatic carbocycles.